The quantitative estimate of drug-likeness (QED) is 0.891. The Kier molecular flexibility index (Phi) is 3.55. The molecule has 0 atom stereocenters. The topological polar surface area (TPSA) is 59.4 Å². The van der Waals surface area contributed by atoms with Crippen molar-refractivity contribution in [3.8, 4) is 5.75 Å². The first-order chi connectivity index (χ1) is 8.55. The molecular formula is C14H19NO3. The van der Waals surface area contributed by atoms with E-state index in [1.54, 1.807) is 7.11 Å². The van der Waals surface area contributed by atoms with Gasteiger partial charge in [-0.1, -0.05) is 12.8 Å². The molecular weight excluding hydrogens is 230 g/mol. The van der Waals surface area contributed by atoms with Crippen molar-refractivity contribution in [1.29, 1.82) is 0 Å². The minimum absolute atomic E-state index is 0.500. The Balaban J connectivity index is 2.26. The first kappa shape index (κ1) is 12.9. The molecule has 0 saturated heterocycles. The fourth-order valence-electron chi connectivity index (χ4n) is 2.78. The summed E-state index contributed by atoms with van der Waals surface area (Å²) in [5.41, 5.74) is 1.06. The van der Waals surface area contributed by atoms with Crippen LogP contribution in [0.4, 0.5) is 0 Å². The maximum atomic E-state index is 11.5. The number of methoxy groups -OCH3 is 1. The molecule has 1 N–H and O–H groups in total. The fourth-order valence-corrected chi connectivity index (χ4v) is 2.78. The molecule has 0 radical (unpaired) electrons. The third kappa shape index (κ3) is 2.47. The van der Waals surface area contributed by atoms with Crippen LogP contribution in [0.5, 0.6) is 5.75 Å². The molecule has 98 valence electrons. The number of hydrogen-bond acceptors (Lipinski definition) is 3. The standard InChI is InChI=1S/C14H19NO3/c1-10-7-12(18-2)8-11(15-10)9-14(13(16)17)5-3-4-6-14/h7-8H,3-6,9H2,1-2H3,(H,16,17). The average Bonchev–Trinajstić information content (AvgIpc) is 2.78. The molecule has 0 amide bonds. The van der Waals surface area contributed by atoms with Gasteiger partial charge in [0.1, 0.15) is 5.75 Å². The second kappa shape index (κ2) is 4.96. The number of aryl methyl sites for hydroxylation is 1. The molecule has 0 spiro atoms. The van der Waals surface area contributed by atoms with Gasteiger partial charge in [-0.25, -0.2) is 0 Å². The van der Waals surface area contributed by atoms with Gasteiger partial charge in [-0.05, 0) is 19.8 Å². The molecule has 1 aliphatic rings. The lowest BCUT2D eigenvalue weighted by atomic mass is 9.81. The predicted molar refractivity (Wildman–Crippen MR) is 67.8 cm³/mol. The van der Waals surface area contributed by atoms with E-state index < -0.39 is 11.4 Å². The molecule has 0 bridgehead atoms. The second-order valence-corrected chi connectivity index (χ2v) is 5.11. The summed E-state index contributed by atoms with van der Waals surface area (Å²) < 4.78 is 5.21. The first-order valence-corrected chi connectivity index (χ1v) is 6.31. The Morgan fingerprint density at radius 1 is 1.44 bits per heavy atom. The lowest BCUT2D eigenvalue weighted by Gasteiger charge is -2.23. The summed E-state index contributed by atoms with van der Waals surface area (Å²) in [6, 6.07) is 3.70. The monoisotopic (exact) mass is 249 g/mol. The van der Waals surface area contributed by atoms with Crippen LogP contribution in [0, 0.1) is 12.3 Å². The van der Waals surface area contributed by atoms with Crippen molar-refractivity contribution in [2.24, 2.45) is 5.41 Å². The Morgan fingerprint density at radius 3 is 2.67 bits per heavy atom. The van der Waals surface area contributed by atoms with Crippen molar-refractivity contribution in [3.63, 3.8) is 0 Å². The van der Waals surface area contributed by atoms with Crippen LogP contribution >= 0.6 is 0 Å². The van der Waals surface area contributed by atoms with E-state index in [1.165, 1.54) is 0 Å². The molecule has 0 aliphatic heterocycles. The van der Waals surface area contributed by atoms with E-state index in [0.717, 1.165) is 42.8 Å². The minimum atomic E-state index is -0.692. The molecule has 1 aromatic rings. The van der Waals surface area contributed by atoms with Crippen LogP contribution in [-0.2, 0) is 11.2 Å². The summed E-state index contributed by atoms with van der Waals surface area (Å²) >= 11 is 0. The van der Waals surface area contributed by atoms with Crippen LogP contribution in [0.1, 0.15) is 37.1 Å². The van der Waals surface area contributed by atoms with Crippen molar-refractivity contribution in [3.05, 3.63) is 23.5 Å². The van der Waals surface area contributed by atoms with Crippen LogP contribution in [0.25, 0.3) is 0 Å². The average molecular weight is 249 g/mol. The summed E-state index contributed by atoms with van der Waals surface area (Å²) in [6.07, 6.45) is 3.99. The van der Waals surface area contributed by atoms with Crippen LogP contribution in [0.15, 0.2) is 12.1 Å². The van der Waals surface area contributed by atoms with E-state index in [-0.39, 0.29) is 0 Å². The maximum absolute atomic E-state index is 11.5. The number of carbonyl (C=O) groups is 1. The van der Waals surface area contributed by atoms with E-state index in [4.69, 9.17) is 4.74 Å². The van der Waals surface area contributed by atoms with Crippen molar-refractivity contribution >= 4 is 5.97 Å². The number of carboxylic acids is 1. The Hall–Kier alpha value is -1.58. The predicted octanol–water partition coefficient (Wildman–Crippen LogP) is 2.59. The molecule has 0 unspecified atom stereocenters. The Morgan fingerprint density at radius 2 is 2.11 bits per heavy atom. The number of aliphatic carboxylic acids is 1. The lowest BCUT2D eigenvalue weighted by Crippen LogP contribution is -2.30. The zero-order valence-corrected chi connectivity index (χ0v) is 10.9. The van der Waals surface area contributed by atoms with Crippen molar-refractivity contribution in [2.75, 3.05) is 7.11 Å². The van der Waals surface area contributed by atoms with Crippen LogP contribution in [-0.4, -0.2) is 23.2 Å². The summed E-state index contributed by atoms with van der Waals surface area (Å²) in [6.45, 7) is 1.90. The number of aromatic nitrogens is 1. The fraction of sp³-hybridized carbons (Fsp3) is 0.571. The Bertz CT molecular complexity index is 450. The SMILES string of the molecule is COc1cc(C)nc(CC2(C(=O)O)CCCC2)c1. The van der Waals surface area contributed by atoms with Crippen LogP contribution in [0.2, 0.25) is 0 Å². The molecule has 18 heavy (non-hydrogen) atoms. The van der Waals surface area contributed by atoms with E-state index in [9.17, 15) is 9.90 Å². The van der Waals surface area contributed by atoms with Crippen molar-refractivity contribution in [1.82, 2.24) is 4.98 Å². The van der Waals surface area contributed by atoms with E-state index in [0.29, 0.717) is 6.42 Å². The number of nitrogens with zero attached hydrogens (tertiary/aromatic N) is 1. The van der Waals surface area contributed by atoms with Gasteiger partial charge in [0.05, 0.1) is 12.5 Å². The highest BCUT2D eigenvalue weighted by atomic mass is 16.5. The van der Waals surface area contributed by atoms with Crippen LogP contribution < -0.4 is 4.74 Å². The van der Waals surface area contributed by atoms with Gasteiger partial charge in [0, 0.05) is 29.9 Å². The number of rotatable bonds is 4. The zero-order chi connectivity index (χ0) is 13.2. The molecule has 1 aromatic heterocycles. The second-order valence-electron chi connectivity index (χ2n) is 5.11. The molecule has 0 aromatic carbocycles. The third-order valence-electron chi connectivity index (χ3n) is 3.75. The van der Waals surface area contributed by atoms with Gasteiger partial charge in [0.25, 0.3) is 0 Å². The van der Waals surface area contributed by atoms with Gasteiger partial charge in [-0.2, -0.15) is 0 Å². The van der Waals surface area contributed by atoms with Gasteiger partial charge < -0.3 is 9.84 Å². The zero-order valence-electron chi connectivity index (χ0n) is 10.9. The molecule has 4 nitrogen and oxygen atoms in total. The third-order valence-corrected chi connectivity index (χ3v) is 3.75. The summed E-state index contributed by atoms with van der Waals surface area (Å²) in [4.78, 5) is 15.9. The summed E-state index contributed by atoms with van der Waals surface area (Å²) in [5, 5.41) is 9.46. The van der Waals surface area contributed by atoms with Crippen molar-refractivity contribution in [2.45, 2.75) is 39.0 Å². The number of pyridine rings is 1. The molecule has 1 saturated carbocycles. The number of carboxylic acid groups (broad SMARTS) is 1. The molecule has 1 aliphatic carbocycles. The molecule has 2 rings (SSSR count). The molecule has 1 heterocycles. The number of hydrogen-bond donors (Lipinski definition) is 1. The summed E-state index contributed by atoms with van der Waals surface area (Å²) in [5.74, 6) is 0.0540. The highest BCUT2D eigenvalue weighted by Crippen LogP contribution is 2.41. The van der Waals surface area contributed by atoms with Gasteiger partial charge in [-0.15, -0.1) is 0 Å². The normalized spacial score (nSPS) is 17.7. The molecule has 1 fully saturated rings. The van der Waals surface area contributed by atoms with E-state index >= 15 is 0 Å². The van der Waals surface area contributed by atoms with E-state index in [2.05, 4.69) is 4.98 Å². The van der Waals surface area contributed by atoms with Crippen molar-refractivity contribution < 1.29 is 14.6 Å². The Labute approximate surface area is 107 Å². The maximum Gasteiger partial charge on any atom is 0.310 e. The van der Waals surface area contributed by atoms with Gasteiger partial charge >= 0.3 is 5.97 Å². The van der Waals surface area contributed by atoms with Crippen LogP contribution in [0.3, 0.4) is 0 Å². The highest BCUT2D eigenvalue weighted by Gasteiger charge is 2.41. The molecule has 4 heteroatoms. The van der Waals surface area contributed by atoms with E-state index in [1.807, 2.05) is 19.1 Å². The largest absolute Gasteiger partial charge is 0.497 e. The first-order valence-electron chi connectivity index (χ1n) is 6.31. The number of ether oxygens (including phenoxy) is 1. The highest BCUT2D eigenvalue weighted by molar-refractivity contribution is 5.75. The van der Waals surface area contributed by atoms with Gasteiger partial charge in [-0.3, -0.25) is 9.78 Å². The summed E-state index contributed by atoms with van der Waals surface area (Å²) in [7, 11) is 1.61. The smallest absolute Gasteiger partial charge is 0.310 e. The van der Waals surface area contributed by atoms with Gasteiger partial charge in [0.15, 0.2) is 0 Å². The van der Waals surface area contributed by atoms with Gasteiger partial charge in [0.2, 0.25) is 0 Å². The lowest BCUT2D eigenvalue weighted by molar-refractivity contribution is -0.148. The minimum Gasteiger partial charge on any atom is -0.497 e.